The van der Waals surface area contributed by atoms with Gasteiger partial charge in [-0.05, 0) is 42.9 Å². The topological polar surface area (TPSA) is 89.5 Å². The van der Waals surface area contributed by atoms with Crippen LogP contribution in [-0.2, 0) is 6.42 Å². The summed E-state index contributed by atoms with van der Waals surface area (Å²) in [6.07, 6.45) is -0.906. The van der Waals surface area contributed by atoms with Gasteiger partial charge in [0.1, 0.15) is 12.1 Å². The first kappa shape index (κ1) is 22.1. The van der Waals surface area contributed by atoms with Gasteiger partial charge in [0.25, 0.3) is 0 Å². The van der Waals surface area contributed by atoms with Gasteiger partial charge in [0.2, 0.25) is 5.88 Å². The van der Waals surface area contributed by atoms with Crippen LogP contribution in [0, 0.1) is 5.92 Å². The molecule has 12 heteroatoms. The number of amides is 2. The van der Waals surface area contributed by atoms with Crippen molar-refractivity contribution in [3.8, 4) is 11.6 Å². The van der Waals surface area contributed by atoms with E-state index in [0.717, 1.165) is 18.4 Å². The van der Waals surface area contributed by atoms with E-state index in [2.05, 4.69) is 25.0 Å². The second-order valence-electron chi connectivity index (χ2n) is 7.34. The monoisotopic (exact) mass is 467 g/mol. The number of carbonyl (C=O) groups is 1. The van der Waals surface area contributed by atoms with Gasteiger partial charge in [-0.25, -0.2) is 14.8 Å². The zero-order valence-corrected chi connectivity index (χ0v) is 17.9. The molecule has 1 aliphatic heterocycles. The molecule has 1 aromatic carbocycles. The van der Waals surface area contributed by atoms with Crippen LogP contribution in [-0.4, -0.2) is 52.4 Å². The average molecular weight is 467 g/mol. The molecule has 3 aromatic rings. The van der Waals surface area contributed by atoms with Gasteiger partial charge in [-0.3, -0.25) is 5.32 Å². The lowest BCUT2D eigenvalue weighted by Gasteiger charge is -2.32. The average Bonchev–Trinajstić information content (AvgIpc) is 3.17. The van der Waals surface area contributed by atoms with Crippen molar-refractivity contribution >= 4 is 32.8 Å². The summed E-state index contributed by atoms with van der Waals surface area (Å²) < 4.78 is 46.0. The number of nitrogens with one attached hydrogen (secondary N) is 1. The molecular weight excluding hydrogens is 447 g/mol. The number of hydrogen-bond acceptors (Lipinski definition) is 7. The highest BCUT2D eigenvalue weighted by Gasteiger charge is 2.31. The van der Waals surface area contributed by atoms with Crippen molar-refractivity contribution < 1.29 is 27.4 Å². The summed E-state index contributed by atoms with van der Waals surface area (Å²) in [6, 6.07) is 5.60. The Balaban J connectivity index is 1.36. The Kier molecular flexibility index (Phi) is 6.31. The SMILES string of the molecule is COc1ncnc2sc(NC(=O)N3CCCC(Cc4ccc(OC(F)(F)F)cc4)C3)nc12. The standard InChI is InChI=1S/C20H20F3N5O3S/c1-30-16-15-17(25-11-24-16)32-18(26-15)27-19(29)28-8-2-3-13(10-28)9-12-4-6-14(7-5-12)31-20(21,22)23/h4-7,11,13H,2-3,8-10H2,1H3,(H,26,27,29). The van der Waals surface area contributed by atoms with Crippen molar-refractivity contribution in [3.05, 3.63) is 36.2 Å². The fraction of sp³-hybridized carbons (Fsp3) is 0.400. The first-order valence-corrected chi connectivity index (χ1v) is 10.7. The summed E-state index contributed by atoms with van der Waals surface area (Å²) in [5, 5.41) is 3.22. The van der Waals surface area contributed by atoms with Crippen molar-refractivity contribution in [2.45, 2.75) is 25.6 Å². The lowest BCUT2D eigenvalue weighted by molar-refractivity contribution is -0.274. The molecule has 1 saturated heterocycles. The molecule has 0 radical (unpaired) electrons. The third-order valence-electron chi connectivity index (χ3n) is 5.06. The highest BCUT2D eigenvalue weighted by atomic mass is 32.1. The summed E-state index contributed by atoms with van der Waals surface area (Å²) in [6.45, 7) is 1.16. The predicted octanol–water partition coefficient (Wildman–Crippen LogP) is 4.48. The van der Waals surface area contributed by atoms with Crippen LogP contribution >= 0.6 is 11.3 Å². The van der Waals surface area contributed by atoms with Gasteiger partial charge in [-0.15, -0.1) is 13.2 Å². The van der Waals surface area contributed by atoms with Crippen LogP contribution in [0.25, 0.3) is 10.3 Å². The molecule has 1 unspecified atom stereocenters. The van der Waals surface area contributed by atoms with E-state index in [0.29, 0.717) is 40.9 Å². The zero-order chi connectivity index (χ0) is 22.7. The number of carbonyl (C=O) groups excluding carboxylic acids is 1. The molecule has 4 rings (SSSR count). The predicted molar refractivity (Wildman–Crippen MR) is 112 cm³/mol. The van der Waals surface area contributed by atoms with E-state index in [1.54, 1.807) is 17.0 Å². The van der Waals surface area contributed by atoms with Crippen LogP contribution in [0.3, 0.4) is 0 Å². The number of hydrogen-bond donors (Lipinski definition) is 1. The number of urea groups is 1. The number of fused-ring (bicyclic) bond motifs is 1. The van der Waals surface area contributed by atoms with E-state index in [-0.39, 0.29) is 17.7 Å². The Morgan fingerprint density at radius 1 is 1.28 bits per heavy atom. The number of benzene rings is 1. The Labute approximate surface area is 185 Å². The fourth-order valence-electron chi connectivity index (χ4n) is 3.68. The third kappa shape index (κ3) is 5.36. The first-order chi connectivity index (χ1) is 15.3. The third-order valence-corrected chi connectivity index (χ3v) is 5.94. The fourth-order valence-corrected chi connectivity index (χ4v) is 4.47. The molecule has 0 saturated carbocycles. The molecule has 2 aromatic heterocycles. The summed E-state index contributed by atoms with van der Waals surface area (Å²) in [5.41, 5.74) is 1.38. The van der Waals surface area contributed by atoms with Gasteiger partial charge in [0.15, 0.2) is 15.5 Å². The van der Waals surface area contributed by atoms with Crippen LogP contribution in [0.1, 0.15) is 18.4 Å². The molecule has 0 bridgehead atoms. The number of piperidine rings is 1. The minimum Gasteiger partial charge on any atom is -0.479 e. The number of methoxy groups -OCH3 is 1. The highest BCUT2D eigenvalue weighted by Crippen LogP contribution is 2.30. The summed E-state index contributed by atoms with van der Waals surface area (Å²) in [7, 11) is 1.49. The number of ether oxygens (including phenoxy) is 2. The molecule has 1 fully saturated rings. The number of rotatable bonds is 5. The summed E-state index contributed by atoms with van der Waals surface area (Å²) >= 11 is 1.23. The van der Waals surface area contributed by atoms with Gasteiger partial charge in [0.05, 0.1) is 7.11 Å². The Morgan fingerprint density at radius 3 is 2.78 bits per heavy atom. The molecule has 1 aliphatic rings. The molecule has 2 amide bonds. The van der Waals surface area contributed by atoms with Crippen LogP contribution in [0.15, 0.2) is 30.6 Å². The quantitative estimate of drug-likeness (QED) is 0.595. The lowest BCUT2D eigenvalue weighted by atomic mass is 9.91. The molecular formula is C20H20F3N5O3S. The summed E-state index contributed by atoms with van der Waals surface area (Å²) in [4.78, 5) is 27.6. The number of alkyl halides is 3. The van der Waals surface area contributed by atoms with Gasteiger partial charge < -0.3 is 14.4 Å². The zero-order valence-electron chi connectivity index (χ0n) is 17.1. The maximum absolute atomic E-state index is 12.8. The number of aromatic nitrogens is 3. The minimum absolute atomic E-state index is 0.199. The molecule has 0 aliphatic carbocycles. The van der Waals surface area contributed by atoms with Crippen LogP contribution in [0.5, 0.6) is 11.6 Å². The van der Waals surface area contributed by atoms with E-state index < -0.39 is 6.36 Å². The largest absolute Gasteiger partial charge is 0.573 e. The van der Waals surface area contributed by atoms with E-state index in [1.807, 2.05) is 0 Å². The second kappa shape index (κ2) is 9.15. The first-order valence-electron chi connectivity index (χ1n) is 9.87. The lowest BCUT2D eigenvalue weighted by Crippen LogP contribution is -2.42. The van der Waals surface area contributed by atoms with Crippen molar-refractivity contribution in [2.75, 3.05) is 25.5 Å². The normalized spacial score (nSPS) is 16.8. The van der Waals surface area contributed by atoms with Crippen molar-refractivity contribution in [1.82, 2.24) is 19.9 Å². The van der Waals surface area contributed by atoms with Crippen LogP contribution < -0.4 is 14.8 Å². The molecule has 32 heavy (non-hydrogen) atoms. The van der Waals surface area contributed by atoms with Gasteiger partial charge in [-0.1, -0.05) is 23.5 Å². The van der Waals surface area contributed by atoms with E-state index >= 15 is 0 Å². The number of thiazole rings is 1. The van der Waals surface area contributed by atoms with Gasteiger partial charge >= 0.3 is 12.4 Å². The van der Waals surface area contributed by atoms with Gasteiger partial charge in [-0.2, -0.15) is 4.98 Å². The number of likely N-dealkylation sites (tertiary alicyclic amines) is 1. The number of halogens is 3. The van der Waals surface area contributed by atoms with Crippen molar-refractivity contribution in [2.24, 2.45) is 5.92 Å². The van der Waals surface area contributed by atoms with E-state index in [9.17, 15) is 18.0 Å². The molecule has 1 atom stereocenters. The van der Waals surface area contributed by atoms with Gasteiger partial charge in [0, 0.05) is 13.1 Å². The Morgan fingerprint density at radius 2 is 2.06 bits per heavy atom. The molecule has 8 nitrogen and oxygen atoms in total. The maximum Gasteiger partial charge on any atom is 0.573 e. The highest BCUT2D eigenvalue weighted by molar-refractivity contribution is 7.22. The smallest absolute Gasteiger partial charge is 0.479 e. The van der Waals surface area contributed by atoms with Crippen molar-refractivity contribution in [3.63, 3.8) is 0 Å². The number of nitrogens with zero attached hydrogens (tertiary/aromatic N) is 4. The van der Waals surface area contributed by atoms with Crippen LogP contribution in [0.2, 0.25) is 0 Å². The Hall–Kier alpha value is -3.15. The Bertz CT molecular complexity index is 1090. The molecule has 0 spiro atoms. The molecule has 1 N–H and O–H groups in total. The second-order valence-corrected chi connectivity index (χ2v) is 8.31. The molecule has 3 heterocycles. The van der Waals surface area contributed by atoms with Crippen LogP contribution in [0.4, 0.5) is 23.1 Å². The summed E-state index contributed by atoms with van der Waals surface area (Å²) in [5.74, 6) is 0.296. The van der Waals surface area contributed by atoms with Crippen molar-refractivity contribution in [1.29, 1.82) is 0 Å². The van der Waals surface area contributed by atoms with E-state index in [1.165, 1.54) is 36.9 Å². The maximum atomic E-state index is 12.8. The molecule has 170 valence electrons. The number of anilines is 1. The van der Waals surface area contributed by atoms with E-state index in [4.69, 9.17) is 4.74 Å². The minimum atomic E-state index is -4.71.